The molecule has 1 aromatic carbocycles. The van der Waals surface area contributed by atoms with Gasteiger partial charge in [-0.2, -0.15) is 4.98 Å². The predicted molar refractivity (Wildman–Crippen MR) is 141 cm³/mol. The summed E-state index contributed by atoms with van der Waals surface area (Å²) in [4.78, 5) is 29.5. The lowest BCUT2D eigenvalue weighted by Crippen LogP contribution is -2.54. The molecule has 188 valence electrons. The monoisotopic (exact) mass is 476 g/mol. The minimum atomic E-state index is 0.256. The van der Waals surface area contributed by atoms with Gasteiger partial charge in [0.05, 0.1) is 6.42 Å². The summed E-state index contributed by atoms with van der Waals surface area (Å²) in [5, 5.41) is 3.64. The molecule has 1 amide bonds. The Hall–Kier alpha value is -2.67. The molecule has 0 radical (unpaired) electrons. The highest BCUT2D eigenvalue weighted by Gasteiger charge is 2.31. The first kappa shape index (κ1) is 24.0. The summed E-state index contributed by atoms with van der Waals surface area (Å²) in [6.07, 6.45) is 12.1. The fourth-order valence-corrected chi connectivity index (χ4v) is 5.89. The molecule has 1 aromatic heterocycles. The summed E-state index contributed by atoms with van der Waals surface area (Å²) in [6.45, 7) is 6.01. The van der Waals surface area contributed by atoms with Crippen molar-refractivity contribution in [1.82, 2.24) is 19.8 Å². The first-order chi connectivity index (χ1) is 17.2. The van der Waals surface area contributed by atoms with Crippen LogP contribution < -0.4 is 10.2 Å². The molecule has 5 rings (SSSR count). The Morgan fingerprint density at radius 2 is 1.69 bits per heavy atom. The Morgan fingerprint density at radius 3 is 2.51 bits per heavy atom. The van der Waals surface area contributed by atoms with Crippen LogP contribution in [0.25, 0.3) is 0 Å². The molecule has 2 aromatic rings. The molecule has 7 nitrogen and oxygen atoms in total. The number of hydrogen-bond acceptors (Lipinski definition) is 6. The lowest BCUT2D eigenvalue weighted by atomic mass is 9.98. The van der Waals surface area contributed by atoms with Crippen molar-refractivity contribution in [2.45, 2.75) is 69.9 Å². The number of piperidine rings is 2. The summed E-state index contributed by atoms with van der Waals surface area (Å²) >= 11 is 0. The van der Waals surface area contributed by atoms with Crippen LogP contribution in [0.5, 0.6) is 0 Å². The molecule has 0 bridgehead atoms. The van der Waals surface area contributed by atoms with Crippen LogP contribution in [0.3, 0.4) is 0 Å². The standard InChI is InChI=1S/C28H40N6O/c35-27(20-23-10-4-3-5-11-23)34-19-9-13-25(22-34)33-18-8-12-24(21-33)30-28-29-15-14-26(31-28)32-16-6-1-2-7-17-32/h3-5,10-11,14-15,24-25H,1-2,6-9,12-13,16-22H2,(H,29,30,31). The number of amides is 1. The van der Waals surface area contributed by atoms with E-state index in [2.05, 4.69) is 25.0 Å². The number of carbonyl (C=O) groups excluding carboxylic acids is 1. The largest absolute Gasteiger partial charge is 0.356 e. The van der Waals surface area contributed by atoms with Crippen molar-refractivity contribution in [2.24, 2.45) is 0 Å². The van der Waals surface area contributed by atoms with E-state index in [-0.39, 0.29) is 5.91 Å². The number of aromatic nitrogens is 2. The Balaban J connectivity index is 1.16. The van der Waals surface area contributed by atoms with E-state index in [1.165, 1.54) is 32.1 Å². The number of anilines is 2. The molecule has 0 aliphatic carbocycles. The summed E-state index contributed by atoms with van der Waals surface area (Å²) < 4.78 is 0. The molecule has 3 aliphatic heterocycles. The van der Waals surface area contributed by atoms with Gasteiger partial charge in [0, 0.05) is 51.0 Å². The SMILES string of the molecule is O=C(Cc1ccccc1)N1CCCC(N2CCCC(Nc3nccc(N4CCCCCC4)n3)C2)C1. The first-order valence-electron chi connectivity index (χ1n) is 13.6. The van der Waals surface area contributed by atoms with Gasteiger partial charge in [0.1, 0.15) is 5.82 Å². The van der Waals surface area contributed by atoms with Gasteiger partial charge in [0.15, 0.2) is 0 Å². The van der Waals surface area contributed by atoms with Crippen molar-refractivity contribution in [2.75, 3.05) is 49.5 Å². The molecule has 2 unspecified atom stereocenters. The molecule has 0 spiro atoms. The van der Waals surface area contributed by atoms with Crippen molar-refractivity contribution in [3.05, 3.63) is 48.2 Å². The second kappa shape index (κ2) is 11.8. The van der Waals surface area contributed by atoms with Crippen LogP contribution >= 0.6 is 0 Å². The Kier molecular flexibility index (Phi) is 8.14. The van der Waals surface area contributed by atoms with Crippen LogP contribution in [-0.4, -0.2) is 77.0 Å². The number of carbonyl (C=O) groups is 1. The Morgan fingerprint density at radius 1 is 0.886 bits per heavy atom. The molecule has 3 aliphatic rings. The maximum Gasteiger partial charge on any atom is 0.227 e. The van der Waals surface area contributed by atoms with Crippen molar-refractivity contribution in [1.29, 1.82) is 0 Å². The quantitative estimate of drug-likeness (QED) is 0.681. The molecule has 4 heterocycles. The van der Waals surface area contributed by atoms with Crippen molar-refractivity contribution in [3.8, 4) is 0 Å². The topological polar surface area (TPSA) is 64.6 Å². The van der Waals surface area contributed by atoms with Gasteiger partial charge >= 0.3 is 0 Å². The van der Waals surface area contributed by atoms with Crippen LogP contribution in [0.4, 0.5) is 11.8 Å². The minimum Gasteiger partial charge on any atom is -0.356 e. The van der Waals surface area contributed by atoms with Gasteiger partial charge in [-0.25, -0.2) is 4.98 Å². The lowest BCUT2D eigenvalue weighted by molar-refractivity contribution is -0.132. The second-order valence-corrected chi connectivity index (χ2v) is 10.4. The molecule has 3 saturated heterocycles. The average molecular weight is 477 g/mol. The van der Waals surface area contributed by atoms with Gasteiger partial charge in [-0.15, -0.1) is 0 Å². The van der Waals surface area contributed by atoms with E-state index >= 15 is 0 Å². The van der Waals surface area contributed by atoms with Gasteiger partial charge in [0.2, 0.25) is 11.9 Å². The second-order valence-electron chi connectivity index (χ2n) is 10.4. The lowest BCUT2D eigenvalue weighted by Gasteiger charge is -2.43. The zero-order chi connectivity index (χ0) is 23.9. The third-order valence-corrected chi connectivity index (χ3v) is 7.82. The van der Waals surface area contributed by atoms with Crippen LogP contribution in [0.15, 0.2) is 42.6 Å². The summed E-state index contributed by atoms with van der Waals surface area (Å²) in [6, 6.07) is 12.9. The molecule has 35 heavy (non-hydrogen) atoms. The predicted octanol–water partition coefficient (Wildman–Crippen LogP) is 3.97. The van der Waals surface area contributed by atoms with E-state index in [1.54, 1.807) is 0 Å². The fourth-order valence-electron chi connectivity index (χ4n) is 5.89. The maximum absolute atomic E-state index is 13.0. The van der Waals surface area contributed by atoms with Crippen molar-refractivity contribution >= 4 is 17.7 Å². The smallest absolute Gasteiger partial charge is 0.227 e. The molecule has 3 fully saturated rings. The van der Waals surface area contributed by atoms with Crippen LogP contribution in [0.1, 0.15) is 56.9 Å². The molecule has 0 saturated carbocycles. The number of benzene rings is 1. The summed E-state index contributed by atoms with van der Waals surface area (Å²) in [5.41, 5.74) is 1.10. The minimum absolute atomic E-state index is 0.256. The first-order valence-corrected chi connectivity index (χ1v) is 13.6. The van der Waals surface area contributed by atoms with Gasteiger partial charge < -0.3 is 15.1 Å². The van der Waals surface area contributed by atoms with Crippen molar-refractivity contribution in [3.63, 3.8) is 0 Å². The summed E-state index contributed by atoms with van der Waals surface area (Å²) in [7, 11) is 0. The maximum atomic E-state index is 13.0. The highest BCUT2D eigenvalue weighted by molar-refractivity contribution is 5.78. The average Bonchev–Trinajstić information content (AvgIpc) is 3.20. The van der Waals surface area contributed by atoms with Gasteiger partial charge in [-0.1, -0.05) is 43.2 Å². The van der Waals surface area contributed by atoms with Crippen molar-refractivity contribution < 1.29 is 4.79 Å². The molecule has 1 N–H and O–H groups in total. The fraction of sp³-hybridized carbons (Fsp3) is 0.607. The third kappa shape index (κ3) is 6.51. The van der Waals surface area contributed by atoms with E-state index in [1.807, 2.05) is 42.6 Å². The Bertz CT molecular complexity index is 945. The van der Waals surface area contributed by atoms with E-state index in [0.29, 0.717) is 18.5 Å². The number of likely N-dealkylation sites (tertiary alicyclic amines) is 2. The molecular weight excluding hydrogens is 436 g/mol. The Labute approximate surface area is 209 Å². The highest BCUT2D eigenvalue weighted by atomic mass is 16.2. The number of nitrogens with one attached hydrogen (secondary N) is 1. The van der Waals surface area contributed by atoms with Crippen LogP contribution in [0, 0.1) is 0 Å². The van der Waals surface area contributed by atoms with Crippen LogP contribution in [-0.2, 0) is 11.2 Å². The van der Waals surface area contributed by atoms with Gasteiger partial charge in [-0.05, 0) is 56.7 Å². The molecular formula is C28H40N6O. The van der Waals surface area contributed by atoms with Gasteiger partial charge in [0.25, 0.3) is 0 Å². The molecule has 2 atom stereocenters. The van der Waals surface area contributed by atoms with E-state index in [4.69, 9.17) is 4.98 Å². The van der Waals surface area contributed by atoms with E-state index < -0.39 is 0 Å². The zero-order valence-corrected chi connectivity index (χ0v) is 20.9. The number of hydrogen-bond donors (Lipinski definition) is 1. The van der Waals surface area contributed by atoms with E-state index in [9.17, 15) is 4.79 Å². The summed E-state index contributed by atoms with van der Waals surface area (Å²) in [5.74, 6) is 2.06. The van der Waals surface area contributed by atoms with E-state index in [0.717, 1.165) is 75.9 Å². The highest BCUT2D eigenvalue weighted by Crippen LogP contribution is 2.23. The normalized spacial score (nSPS) is 24.1. The van der Waals surface area contributed by atoms with Gasteiger partial charge in [-0.3, -0.25) is 9.69 Å². The molecule has 7 heteroatoms. The van der Waals surface area contributed by atoms with Crippen LogP contribution in [0.2, 0.25) is 0 Å². The number of rotatable bonds is 6. The number of nitrogens with zero attached hydrogens (tertiary/aromatic N) is 5. The zero-order valence-electron chi connectivity index (χ0n) is 20.9. The third-order valence-electron chi connectivity index (χ3n) is 7.82.